The Kier molecular flexibility index (Phi) is 3.53. The fourth-order valence-electron chi connectivity index (χ4n) is 1.29. The van der Waals surface area contributed by atoms with Crippen molar-refractivity contribution in [2.45, 2.75) is 30.3 Å². The minimum Gasteiger partial charge on any atom is -0.394 e. The number of hydrogen-bond donors (Lipinski definition) is 5. The van der Waals surface area contributed by atoms with E-state index in [1.807, 2.05) is 0 Å². The standard InChI is InChI=1S/C7H11NO7/c9-1-3-4(11)5(12)6(13)7(14,15-3)8-2-10/h3-6,9,11-14H,1H2. The lowest BCUT2D eigenvalue weighted by Crippen LogP contribution is -2.64. The summed E-state index contributed by atoms with van der Waals surface area (Å²) in [4.78, 5) is 12.7. The third kappa shape index (κ3) is 2.06. The van der Waals surface area contributed by atoms with Gasteiger partial charge in [-0.15, -0.1) is 4.99 Å². The molecule has 5 atom stereocenters. The monoisotopic (exact) mass is 221 g/mol. The molecule has 8 nitrogen and oxygen atoms in total. The summed E-state index contributed by atoms with van der Waals surface area (Å²) in [7, 11) is 0. The van der Waals surface area contributed by atoms with Crippen LogP contribution >= 0.6 is 0 Å². The summed E-state index contributed by atoms with van der Waals surface area (Å²) in [5.41, 5.74) is 0. The first-order valence-electron chi connectivity index (χ1n) is 4.10. The summed E-state index contributed by atoms with van der Waals surface area (Å²) < 4.78 is 4.57. The average molecular weight is 221 g/mol. The van der Waals surface area contributed by atoms with Crippen molar-refractivity contribution >= 4 is 6.08 Å². The Hall–Kier alpha value is -0.860. The minimum atomic E-state index is -2.70. The van der Waals surface area contributed by atoms with E-state index < -0.39 is 36.9 Å². The molecule has 0 aromatic rings. The molecule has 0 aromatic carbocycles. The molecule has 1 aliphatic rings. The SMILES string of the molecule is O=C=NC1(O)OC(CO)C(O)C(O)C1O. The second kappa shape index (κ2) is 4.33. The maximum atomic E-state index is 9.96. The zero-order valence-electron chi connectivity index (χ0n) is 7.52. The van der Waals surface area contributed by atoms with Crippen molar-refractivity contribution < 1.29 is 35.1 Å². The molecule has 5 unspecified atom stereocenters. The van der Waals surface area contributed by atoms with Crippen molar-refractivity contribution in [1.29, 1.82) is 0 Å². The number of isocyanates is 1. The summed E-state index contributed by atoms with van der Waals surface area (Å²) in [5, 5.41) is 46.0. The predicted octanol–water partition coefficient (Wildman–Crippen LogP) is -3.56. The maximum Gasteiger partial charge on any atom is 0.308 e. The lowest BCUT2D eigenvalue weighted by Gasteiger charge is -2.41. The van der Waals surface area contributed by atoms with Crippen molar-refractivity contribution in [3.8, 4) is 0 Å². The Bertz CT molecular complexity index is 277. The smallest absolute Gasteiger partial charge is 0.308 e. The van der Waals surface area contributed by atoms with E-state index in [0.29, 0.717) is 0 Å². The Balaban J connectivity index is 2.97. The summed E-state index contributed by atoms with van der Waals surface area (Å²) in [6.45, 7) is -0.721. The average Bonchev–Trinajstić information content (AvgIpc) is 2.21. The summed E-state index contributed by atoms with van der Waals surface area (Å²) in [5.74, 6) is -2.70. The Morgan fingerprint density at radius 3 is 2.40 bits per heavy atom. The topological polar surface area (TPSA) is 140 Å². The first-order valence-corrected chi connectivity index (χ1v) is 4.10. The van der Waals surface area contributed by atoms with Gasteiger partial charge in [-0.05, 0) is 0 Å². The van der Waals surface area contributed by atoms with Gasteiger partial charge in [-0.25, -0.2) is 4.79 Å². The van der Waals surface area contributed by atoms with Gasteiger partial charge in [-0.1, -0.05) is 0 Å². The largest absolute Gasteiger partial charge is 0.394 e. The van der Waals surface area contributed by atoms with Gasteiger partial charge < -0.3 is 30.3 Å². The number of aliphatic imine (C=N–C) groups is 1. The highest BCUT2D eigenvalue weighted by Gasteiger charge is 2.53. The molecule has 8 heteroatoms. The van der Waals surface area contributed by atoms with E-state index in [2.05, 4.69) is 9.73 Å². The third-order valence-electron chi connectivity index (χ3n) is 2.15. The van der Waals surface area contributed by atoms with Crippen LogP contribution < -0.4 is 0 Å². The first kappa shape index (κ1) is 12.2. The van der Waals surface area contributed by atoms with Gasteiger partial charge in [0.25, 0.3) is 0 Å². The lowest BCUT2D eigenvalue weighted by atomic mass is 9.97. The number of hydrogen-bond acceptors (Lipinski definition) is 8. The highest BCUT2D eigenvalue weighted by Crippen LogP contribution is 2.28. The fourth-order valence-corrected chi connectivity index (χ4v) is 1.29. The van der Waals surface area contributed by atoms with Gasteiger partial charge in [0.1, 0.15) is 18.3 Å². The van der Waals surface area contributed by atoms with E-state index in [4.69, 9.17) is 5.11 Å². The van der Waals surface area contributed by atoms with Crippen molar-refractivity contribution in [2.24, 2.45) is 4.99 Å². The van der Waals surface area contributed by atoms with E-state index in [0.717, 1.165) is 6.08 Å². The number of rotatable bonds is 2. The minimum absolute atomic E-state index is 0.721. The van der Waals surface area contributed by atoms with Crippen molar-refractivity contribution in [1.82, 2.24) is 0 Å². The Labute approximate surface area is 84.1 Å². The second-order valence-electron chi connectivity index (χ2n) is 3.13. The van der Waals surface area contributed by atoms with Crippen LogP contribution in [0.5, 0.6) is 0 Å². The molecule has 0 amide bonds. The van der Waals surface area contributed by atoms with Gasteiger partial charge in [-0.2, -0.15) is 0 Å². The fraction of sp³-hybridized carbons (Fsp3) is 0.857. The van der Waals surface area contributed by atoms with Crippen molar-refractivity contribution in [3.05, 3.63) is 0 Å². The van der Waals surface area contributed by atoms with E-state index in [9.17, 15) is 25.2 Å². The summed E-state index contributed by atoms with van der Waals surface area (Å²) >= 11 is 0. The van der Waals surface area contributed by atoms with Gasteiger partial charge in [0, 0.05) is 0 Å². The van der Waals surface area contributed by atoms with E-state index in [-0.39, 0.29) is 0 Å². The van der Waals surface area contributed by atoms with Gasteiger partial charge in [0.15, 0.2) is 6.10 Å². The van der Waals surface area contributed by atoms with Crippen LogP contribution in [0.2, 0.25) is 0 Å². The molecule has 86 valence electrons. The highest BCUT2D eigenvalue weighted by molar-refractivity contribution is 5.34. The molecule has 1 saturated heterocycles. The molecule has 0 aromatic heterocycles. The normalized spacial score (nSPS) is 45.9. The number of ether oxygens (including phenoxy) is 1. The quantitative estimate of drug-likeness (QED) is 0.240. The van der Waals surface area contributed by atoms with Crippen molar-refractivity contribution in [3.63, 3.8) is 0 Å². The predicted molar refractivity (Wildman–Crippen MR) is 43.1 cm³/mol. The van der Waals surface area contributed by atoms with Crippen LogP contribution in [-0.2, 0) is 9.53 Å². The summed E-state index contributed by atoms with van der Waals surface area (Å²) in [6.07, 6.45) is -5.79. The zero-order valence-corrected chi connectivity index (χ0v) is 7.52. The molecule has 15 heavy (non-hydrogen) atoms. The van der Waals surface area contributed by atoms with Crippen LogP contribution in [0.1, 0.15) is 0 Å². The number of aliphatic hydroxyl groups excluding tert-OH is 4. The molecule has 0 saturated carbocycles. The molecular weight excluding hydrogens is 210 g/mol. The van der Waals surface area contributed by atoms with E-state index >= 15 is 0 Å². The van der Waals surface area contributed by atoms with Gasteiger partial charge in [0.2, 0.25) is 6.08 Å². The van der Waals surface area contributed by atoms with E-state index in [1.165, 1.54) is 0 Å². The molecule has 0 bridgehead atoms. The molecule has 0 radical (unpaired) electrons. The zero-order chi connectivity index (χ0) is 11.6. The van der Waals surface area contributed by atoms with E-state index in [1.54, 1.807) is 0 Å². The Morgan fingerprint density at radius 2 is 1.93 bits per heavy atom. The molecule has 0 aliphatic carbocycles. The first-order chi connectivity index (χ1) is 6.96. The van der Waals surface area contributed by atoms with Crippen LogP contribution in [0.3, 0.4) is 0 Å². The lowest BCUT2D eigenvalue weighted by molar-refractivity contribution is -0.345. The van der Waals surface area contributed by atoms with Crippen LogP contribution in [-0.4, -0.2) is 68.5 Å². The third-order valence-corrected chi connectivity index (χ3v) is 2.15. The van der Waals surface area contributed by atoms with Crippen LogP contribution in [0.25, 0.3) is 0 Å². The molecule has 5 N–H and O–H groups in total. The van der Waals surface area contributed by atoms with Crippen LogP contribution in [0.15, 0.2) is 4.99 Å². The molecule has 1 heterocycles. The number of nitrogens with zero attached hydrogens (tertiary/aromatic N) is 1. The molecular formula is C7H11NO7. The Morgan fingerprint density at radius 1 is 1.33 bits per heavy atom. The molecule has 1 aliphatic heterocycles. The molecule has 1 rings (SSSR count). The molecule has 0 spiro atoms. The van der Waals surface area contributed by atoms with Gasteiger partial charge >= 0.3 is 5.91 Å². The maximum absolute atomic E-state index is 9.96. The van der Waals surface area contributed by atoms with Gasteiger partial charge in [-0.3, -0.25) is 0 Å². The van der Waals surface area contributed by atoms with Crippen LogP contribution in [0.4, 0.5) is 0 Å². The van der Waals surface area contributed by atoms with Crippen LogP contribution in [0, 0.1) is 0 Å². The van der Waals surface area contributed by atoms with Gasteiger partial charge in [0.05, 0.1) is 6.61 Å². The number of carbonyl (C=O) groups excluding carboxylic acids is 1. The van der Waals surface area contributed by atoms with Crippen molar-refractivity contribution in [2.75, 3.05) is 6.61 Å². The highest BCUT2D eigenvalue weighted by atomic mass is 16.7. The number of aliphatic hydroxyl groups is 5. The second-order valence-corrected chi connectivity index (χ2v) is 3.13. The summed E-state index contributed by atoms with van der Waals surface area (Å²) in [6, 6.07) is 0. The molecule has 1 fully saturated rings.